The number of aromatic carboxylic acids is 1. The molecule has 2 aromatic carbocycles. The number of halogens is 2. The molecule has 0 aliphatic rings. The van der Waals surface area contributed by atoms with Crippen LogP contribution < -0.4 is 5.32 Å². The first kappa shape index (κ1) is 17.0. The molecule has 3 rings (SSSR count). The average Bonchev–Trinajstić information content (AvgIpc) is 2.89. The molecular formula is C18H14ClFN2O3. The van der Waals surface area contributed by atoms with E-state index < -0.39 is 17.7 Å². The smallest absolute Gasteiger partial charge is 0.352 e. The van der Waals surface area contributed by atoms with Gasteiger partial charge in [-0.3, -0.25) is 4.79 Å². The van der Waals surface area contributed by atoms with E-state index in [1.165, 1.54) is 6.07 Å². The molecule has 0 saturated carbocycles. The number of carbonyl (C=O) groups excluding carboxylic acids is 1. The lowest BCUT2D eigenvalue weighted by Crippen LogP contribution is -2.16. The van der Waals surface area contributed by atoms with Crippen LogP contribution in [0.15, 0.2) is 36.4 Å². The van der Waals surface area contributed by atoms with Gasteiger partial charge in [-0.15, -0.1) is 0 Å². The zero-order valence-corrected chi connectivity index (χ0v) is 13.9. The molecule has 0 spiro atoms. The fraction of sp³-hybridized carbons (Fsp3) is 0.111. The number of benzene rings is 2. The van der Waals surface area contributed by atoms with Crippen LogP contribution in [0.25, 0.3) is 10.9 Å². The third-order valence-corrected chi connectivity index (χ3v) is 4.11. The predicted molar refractivity (Wildman–Crippen MR) is 93.7 cm³/mol. The third kappa shape index (κ3) is 3.49. The van der Waals surface area contributed by atoms with Crippen LogP contribution >= 0.6 is 11.6 Å². The summed E-state index contributed by atoms with van der Waals surface area (Å²) in [7, 11) is 0. The number of nitrogens with one attached hydrogen (secondary N) is 2. The molecule has 0 aliphatic heterocycles. The topological polar surface area (TPSA) is 82.2 Å². The van der Waals surface area contributed by atoms with E-state index in [1.807, 2.05) is 0 Å². The van der Waals surface area contributed by atoms with Gasteiger partial charge in [-0.2, -0.15) is 0 Å². The number of carboxylic acid groups (broad SMARTS) is 1. The Balaban J connectivity index is 1.92. The van der Waals surface area contributed by atoms with Gasteiger partial charge in [0.15, 0.2) is 0 Å². The lowest BCUT2D eigenvalue weighted by atomic mass is 10.1. The van der Waals surface area contributed by atoms with E-state index in [1.54, 1.807) is 37.3 Å². The van der Waals surface area contributed by atoms with Crippen molar-refractivity contribution in [3.8, 4) is 0 Å². The van der Waals surface area contributed by atoms with Crippen molar-refractivity contribution in [2.75, 3.05) is 5.32 Å². The van der Waals surface area contributed by atoms with E-state index >= 15 is 0 Å². The van der Waals surface area contributed by atoms with Crippen molar-refractivity contribution in [3.63, 3.8) is 0 Å². The van der Waals surface area contributed by atoms with Gasteiger partial charge in [0.1, 0.15) is 11.5 Å². The van der Waals surface area contributed by atoms with Gasteiger partial charge < -0.3 is 15.4 Å². The van der Waals surface area contributed by atoms with Gasteiger partial charge in [0, 0.05) is 27.2 Å². The summed E-state index contributed by atoms with van der Waals surface area (Å²) in [6.45, 7) is 1.62. The van der Waals surface area contributed by atoms with E-state index in [4.69, 9.17) is 11.6 Å². The van der Waals surface area contributed by atoms with Gasteiger partial charge in [-0.1, -0.05) is 17.7 Å². The SMILES string of the molecule is Cc1ccc(NC(=O)Cc2c(C(=O)O)[nH]c3ccc(Cl)cc23)cc1F. The molecule has 0 atom stereocenters. The van der Waals surface area contributed by atoms with Crippen LogP contribution in [0.4, 0.5) is 10.1 Å². The van der Waals surface area contributed by atoms with Crippen molar-refractivity contribution in [1.82, 2.24) is 4.98 Å². The molecule has 1 heterocycles. The predicted octanol–water partition coefficient (Wildman–Crippen LogP) is 4.15. The first-order valence-corrected chi connectivity index (χ1v) is 7.82. The Bertz CT molecular complexity index is 997. The molecule has 0 fully saturated rings. The van der Waals surface area contributed by atoms with Gasteiger partial charge in [0.2, 0.25) is 5.91 Å². The van der Waals surface area contributed by atoms with E-state index in [9.17, 15) is 19.1 Å². The number of aryl methyl sites for hydroxylation is 1. The number of aromatic nitrogens is 1. The Morgan fingerprint density at radius 3 is 2.68 bits per heavy atom. The molecule has 0 radical (unpaired) electrons. The van der Waals surface area contributed by atoms with Gasteiger partial charge in [-0.25, -0.2) is 9.18 Å². The highest BCUT2D eigenvalue weighted by molar-refractivity contribution is 6.31. The Kier molecular flexibility index (Phi) is 4.46. The summed E-state index contributed by atoms with van der Waals surface area (Å²) in [5.41, 5.74) is 1.61. The van der Waals surface area contributed by atoms with E-state index in [0.29, 0.717) is 32.7 Å². The number of aromatic amines is 1. The lowest BCUT2D eigenvalue weighted by Gasteiger charge is -2.07. The maximum absolute atomic E-state index is 13.6. The summed E-state index contributed by atoms with van der Waals surface area (Å²) in [4.78, 5) is 26.5. The van der Waals surface area contributed by atoms with E-state index in [-0.39, 0.29) is 12.1 Å². The number of carboxylic acids is 1. The van der Waals surface area contributed by atoms with Crippen LogP contribution in [-0.2, 0) is 11.2 Å². The first-order valence-electron chi connectivity index (χ1n) is 7.44. The van der Waals surface area contributed by atoms with Gasteiger partial charge in [0.05, 0.1) is 6.42 Å². The molecule has 3 aromatic rings. The highest BCUT2D eigenvalue weighted by Gasteiger charge is 2.20. The minimum absolute atomic E-state index is 0.0671. The third-order valence-electron chi connectivity index (χ3n) is 3.87. The van der Waals surface area contributed by atoms with Crippen molar-refractivity contribution >= 4 is 40.1 Å². The number of hydrogen-bond donors (Lipinski definition) is 3. The Labute approximate surface area is 147 Å². The fourth-order valence-electron chi connectivity index (χ4n) is 2.62. The standard InChI is InChI=1S/C18H14ClFN2O3/c1-9-2-4-11(7-14(9)20)21-16(23)8-13-12-6-10(19)3-5-15(12)22-17(13)18(24)25/h2-7,22H,8H2,1H3,(H,21,23)(H,24,25). The highest BCUT2D eigenvalue weighted by Crippen LogP contribution is 2.26. The molecular weight excluding hydrogens is 347 g/mol. The summed E-state index contributed by atoms with van der Waals surface area (Å²) in [6, 6.07) is 9.25. The van der Waals surface area contributed by atoms with Crippen molar-refractivity contribution < 1.29 is 19.1 Å². The molecule has 0 unspecified atom stereocenters. The number of amides is 1. The van der Waals surface area contributed by atoms with Crippen molar-refractivity contribution in [2.24, 2.45) is 0 Å². The number of hydrogen-bond acceptors (Lipinski definition) is 2. The number of carbonyl (C=O) groups is 2. The molecule has 5 nitrogen and oxygen atoms in total. The highest BCUT2D eigenvalue weighted by atomic mass is 35.5. The summed E-state index contributed by atoms with van der Waals surface area (Å²) in [5, 5.41) is 12.9. The molecule has 3 N–H and O–H groups in total. The Morgan fingerprint density at radius 2 is 2.00 bits per heavy atom. The zero-order valence-electron chi connectivity index (χ0n) is 13.2. The number of rotatable bonds is 4. The summed E-state index contributed by atoms with van der Waals surface area (Å²) >= 11 is 5.97. The Morgan fingerprint density at radius 1 is 1.24 bits per heavy atom. The van der Waals surface area contributed by atoms with Crippen molar-refractivity contribution in [2.45, 2.75) is 13.3 Å². The van der Waals surface area contributed by atoms with Crippen molar-refractivity contribution in [3.05, 3.63) is 64.1 Å². The van der Waals surface area contributed by atoms with Gasteiger partial charge in [0.25, 0.3) is 0 Å². The molecule has 1 amide bonds. The lowest BCUT2D eigenvalue weighted by molar-refractivity contribution is -0.115. The van der Waals surface area contributed by atoms with Crippen LogP contribution in [0.5, 0.6) is 0 Å². The summed E-state index contributed by atoms with van der Waals surface area (Å²) in [5.74, 6) is -2.05. The Hall–Kier alpha value is -2.86. The van der Waals surface area contributed by atoms with E-state index in [2.05, 4.69) is 10.3 Å². The molecule has 128 valence electrons. The second-order valence-corrected chi connectivity index (χ2v) is 6.10. The molecule has 1 aromatic heterocycles. The molecule has 0 saturated heterocycles. The van der Waals surface area contributed by atoms with Gasteiger partial charge >= 0.3 is 5.97 Å². The first-order chi connectivity index (χ1) is 11.8. The van der Waals surface area contributed by atoms with Crippen LogP contribution in [0.1, 0.15) is 21.6 Å². The summed E-state index contributed by atoms with van der Waals surface area (Å²) < 4.78 is 13.6. The second kappa shape index (κ2) is 6.57. The zero-order chi connectivity index (χ0) is 18.1. The van der Waals surface area contributed by atoms with Crippen molar-refractivity contribution in [1.29, 1.82) is 0 Å². The van der Waals surface area contributed by atoms with Gasteiger partial charge in [-0.05, 0) is 42.8 Å². The molecule has 25 heavy (non-hydrogen) atoms. The van der Waals surface area contributed by atoms with Crippen LogP contribution in [0, 0.1) is 12.7 Å². The van der Waals surface area contributed by atoms with Crippen LogP contribution in [0.3, 0.4) is 0 Å². The fourth-order valence-corrected chi connectivity index (χ4v) is 2.79. The quantitative estimate of drug-likeness (QED) is 0.653. The maximum Gasteiger partial charge on any atom is 0.352 e. The van der Waals surface area contributed by atoms with E-state index in [0.717, 1.165) is 0 Å². The van der Waals surface area contributed by atoms with Crippen LogP contribution in [0.2, 0.25) is 5.02 Å². The molecule has 7 heteroatoms. The largest absolute Gasteiger partial charge is 0.477 e. The number of H-pyrrole nitrogens is 1. The van der Waals surface area contributed by atoms with Crippen LogP contribution in [-0.4, -0.2) is 22.0 Å². The molecule has 0 aliphatic carbocycles. The normalized spacial score (nSPS) is 10.8. The number of anilines is 1. The summed E-state index contributed by atoms with van der Waals surface area (Å²) in [6.07, 6.45) is -0.183. The molecule has 0 bridgehead atoms. The monoisotopic (exact) mass is 360 g/mol. The number of fused-ring (bicyclic) bond motifs is 1. The maximum atomic E-state index is 13.6. The minimum Gasteiger partial charge on any atom is -0.477 e. The second-order valence-electron chi connectivity index (χ2n) is 5.66. The minimum atomic E-state index is -1.17. The average molecular weight is 361 g/mol.